The predicted molar refractivity (Wildman–Crippen MR) is 63.2 cm³/mol. The van der Waals surface area contributed by atoms with Crippen LogP contribution in [0.1, 0.15) is 13.3 Å². The van der Waals surface area contributed by atoms with Crippen molar-refractivity contribution in [2.24, 2.45) is 11.1 Å². The molecule has 2 amide bonds. The van der Waals surface area contributed by atoms with Crippen molar-refractivity contribution in [3.63, 3.8) is 0 Å². The molecular formula is C11H21N3O3. The van der Waals surface area contributed by atoms with Gasteiger partial charge in [0.25, 0.3) is 5.91 Å². The molecule has 2 atom stereocenters. The van der Waals surface area contributed by atoms with Crippen LogP contribution in [0.25, 0.3) is 0 Å². The van der Waals surface area contributed by atoms with Gasteiger partial charge in [0.15, 0.2) is 0 Å². The second-order valence-electron chi connectivity index (χ2n) is 4.61. The SMILES string of the molecule is CNC(=O)C1(C)CCN(C(=O)C(CN)OC)C1. The Hall–Kier alpha value is -1.14. The Bertz CT molecular complexity index is 304. The molecule has 17 heavy (non-hydrogen) atoms. The molecule has 0 aromatic carbocycles. The van der Waals surface area contributed by atoms with E-state index in [4.69, 9.17) is 10.5 Å². The lowest BCUT2D eigenvalue weighted by molar-refractivity contribution is -0.141. The van der Waals surface area contributed by atoms with Gasteiger partial charge in [-0.05, 0) is 13.3 Å². The van der Waals surface area contributed by atoms with Gasteiger partial charge in [-0.15, -0.1) is 0 Å². The maximum atomic E-state index is 12.0. The quantitative estimate of drug-likeness (QED) is 0.659. The summed E-state index contributed by atoms with van der Waals surface area (Å²) in [5.74, 6) is -0.169. The average molecular weight is 243 g/mol. The molecule has 1 heterocycles. The van der Waals surface area contributed by atoms with Crippen LogP contribution in [0.4, 0.5) is 0 Å². The third-order valence-electron chi connectivity index (χ3n) is 3.33. The highest BCUT2D eigenvalue weighted by molar-refractivity contribution is 5.86. The Balaban J connectivity index is 2.67. The fraction of sp³-hybridized carbons (Fsp3) is 0.818. The molecule has 1 fully saturated rings. The van der Waals surface area contributed by atoms with Crippen molar-refractivity contribution in [1.82, 2.24) is 10.2 Å². The van der Waals surface area contributed by atoms with Crippen LogP contribution in [0.15, 0.2) is 0 Å². The number of carbonyl (C=O) groups is 2. The van der Waals surface area contributed by atoms with Gasteiger partial charge in [-0.25, -0.2) is 0 Å². The first kappa shape index (κ1) is 13.9. The van der Waals surface area contributed by atoms with Crippen LogP contribution in [-0.2, 0) is 14.3 Å². The maximum Gasteiger partial charge on any atom is 0.253 e. The number of rotatable bonds is 4. The molecule has 0 bridgehead atoms. The molecule has 6 heteroatoms. The number of nitrogens with one attached hydrogen (secondary N) is 1. The fourth-order valence-corrected chi connectivity index (χ4v) is 2.14. The Kier molecular flexibility index (Phi) is 4.47. The molecule has 2 unspecified atom stereocenters. The zero-order valence-electron chi connectivity index (χ0n) is 10.7. The Labute approximate surface area is 101 Å². The summed E-state index contributed by atoms with van der Waals surface area (Å²) in [5, 5.41) is 2.63. The summed E-state index contributed by atoms with van der Waals surface area (Å²) in [6, 6.07) is 0. The highest BCUT2D eigenvalue weighted by Gasteiger charge is 2.42. The zero-order valence-corrected chi connectivity index (χ0v) is 10.7. The molecule has 3 N–H and O–H groups in total. The van der Waals surface area contributed by atoms with E-state index in [1.165, 1.54) is 7.11 Å². The van der Waals surface area contributed by atoms with Crippen LogP contribution in [0.2, 0.25) is 0 Å². The van der Waals surface area contributed by atoms with E-state index in [2.05, 4.69) is 5.32 Å². The maximum absolute atomic E-state index is 12.0. The number of amides is 2. The number of hydrogen-bond acceptors (Lipinski definition) is 4. The van der Waals surface area contributed by atoms with E-state index in [0.717, 1.165) is 0 Å². The van der Waals surface area contributed by atoms with Crippen molar-refractivity contribution in [2.45, 2.75) is 19.4 Å². The van der Waals surface area contributed by atoms with Crippen LogP contribution < -0.4 is 11.1 Å². The van der Waals surface area contributed by atoms with Crippen molar-refractivity contribution < 1.29 is 14.3 Å². The molecule has 0 aliphatic carbocycles. The molecule has 1 rings (SSSR count). The lowest BCUT2D eigenvalue weighted by atomic mass is 9.89. The monoisotopic (exact) mass is 243 g/mol. The Morgan fingerprint density at radius 3 is 2.71 bits per heavy atom. The largest absolute Gasteiger partial charge is 0.370 e. The van der Waals surface area contributed by atoms with Crippen molar-refractivity contribution in [1.29, 1.82) is 0 Å². The van der Waals surface area contributed by atoms with E-state index in [0.29, 0.717) is 19.5 Å². The van der Waals surface area contributed by atoms with Gasteiger partial charge < -0.3 is 20.7 Å². The minimum Gasteiger partial charge on any atom is -0.370 e. The topological polar surface area (TPSA) is 84.7 Å². The molecular weight excluding hydrogens is 222 g/mol. The highest BCUT2D eigenvalue weighted by atomic mass is 16.5. The van der Waals surface area contributed by atoms with Crippen molar-refractivity contribution in [3.05, 3.63) is 0 Å². The van der Waals surface area contributed by atoms with Crippen molar-refractivity contribution in [2.75, 3.05) is 33.8 Å². The molecule has 0 aromatic rings. The molecule has 6 nitrogen and oxygen atoms in total. The number of ether oxygens (including phenoxy) is 1. The van der Waals surface area contributed by atoms with Gasteiger partial charge >= 0.3 is 0 Å². The van der Waals surface area contributed by atoms with Gasteiger partial charge in [0.2, 0.25) is 5.91 Å². The standard InChI is InChI=1S/C11H21N3O3/c1-11(10(16)13-2)4-5-14(7-11)9(15)8(6-12)17-3/h8H,4-7,12H2,1-3H3,(H,13,16). The van der Waals surface area contributed by atoms with Gasteiger partial charge in [-0.2, -0.15) is 0 Å². The lowest BCUT2D eigenvalue weighted by Gasteiger charge is -2.24. The first-order chi connectivity index (χ1) is 7.98. The van der Waals surface area contributed by atoms with Gasteiger partial charge in [0.05, 0.1) is 5.41 Å². The number of carbonyl (C=O) groups excluding carboxylic acids is 2. The minimum atomic E-state index is -0.609. The van der Waals surface area contributed by atoms with E-state index < -0.39 is 11.5 Å². The molecule has 98 valence electrons. The van der Waals surface area contributed by atoms with E-state index in [1.54, 1.807) is 11.9 Å². The van der Waals surface area contributed by atoms with E-state index in [-0.39, 0.29) is 18.4 Å². The second-order valence-corrected chi connectivity index (χ2v) is 4.61. The van der Waals surface area contributed by atoms with Crippen LogP contribution in [0.3, 0.4) is 0 Å². The van der Waals surface area contributed by atoms with Gasteiger partial charge in [0, 0.05) is 33.8 Å². The number of nitrogens with two attached hydrogens (primary N) is 1. The molecule has 0 aromatic heterocycles. The normalized spacial score (nSPS) is 25.8. The first-order valence-electron chi connectivity index (χ1n) is 5.72. The third kappa shape index (κ3) is 2.76. The summed E-state index contributed by atoms with van der Waals surface area (Å²) < 4.78 is 5.01. The summed E-state index contributed by atoms with van der Waals surface area (Å²) in [7, 11) is 3.07. The molecule has 1 aliphatic rings. The van der Waals surface area contributed by atoms with Crippen LogP contribution in [0.5, 0.6) is 0 Å². The highest BCUT2D eigenvalue weighted by Crippen LogP contribution is 2.30. The van der Waals surface area contributed by atoms with Crippen LogP contribution >= 0.6 is 0 Å². The van der Waals surface area contributed by atoms with Crippen LogP contribution in [0, 0.1) is 5.41 Å². The first-order valence-corrected chi connectivity index (χ1v) is 5.72. The van der Waals surface area contributed by atoms with Crippen molar-refractivity contribution >= 4 is 11.8 Å². The summed E-state index contributed by atoms with van der Waals surface area (Å²) in [4.78, 5) is 25.4. The summed E-state index contributed by atoms with van der Waals surface area (Å²) in [6.45, 7) is 3.01. The average Bonchev–Trinajstić information content (AvgIpc) is 2.73. The number of nitrogens with zero attached hydrogens (tertiary/aromatic N) is 1. The summed E-state index contributed by atoms with van der Waals surface area (Å²) >= 11 is 0. The third-order valence-corrected chi connectivity index (χ3v) is 3.33. The van der Waals surface area contributed by atoms with Crippen LogP contribution in [-0.4, -0.2) is 56.6 Å². The molecule has 1 aliphatic heterocycles. The number of likely N-dealkylation sites (tertiary alicyclic amines) is 1. The van der Waals surface area contributed by atoms with E-state index >= 15 is 0 Å². The summed E-state index contributed by atoms with van der Waals surface area (Å²) in [6.07, 6.45) is 0.0569. The predicted octanol–water partition coefficient (Wildman–Crippen LogP) is -1.06. The van der Waals surface area contributed by atoms with Gasteiger partial charge in [0.1, 0.15) is 6.10 Å². The molecule has 0 saturated carbocycles. The van der Waals surface area contributed by atoms with E-state index in [9.17, 15) is 9.59 Å². The second kappa shape index (κ2) is 5.46. The number of methoxy groups -OCH3 is 1. The smallest absolute Gasteiger partial charge is 0.253 e. The summed E-state index contributed by atoms with van der Waals surface area (Å²) in [5.41, 5.74) is 4.95. The number of hydrogen-bond donors (Lipinski definition) is 2. The fourth-order valence-electron chi connectivity index (χ4n) is 2.14. The van der Waals surface area contributed by atoms with Crippen molar-refractivity contribution in [3.8, 4) is 0 Å². The Morgan fingerprint density at radius 2 is 2.24 bits per heavy atom. The molecule has 0 spiro atoms. The lowest BCUT2D eigenvalue weighted by Crippen LogP contribution is -2.45. The Morgan fingerprint density at radius 1 is 1.59 bits per heavy atom. The van der Waals surface area contributed by atoms with Gasteiger partial charge in [-0.3, -0.25) is 9.59 Å². The minimum absolute atomic E-state index is 0.0329. The van der Waals surface area contributed by atoms with Gasteiger partial charge in [-0.1, -0.05) is 0 Å². The molecule has 0 radical (unpaired) electrons. The molecule has 1 saturated heterocycles. The zero-order chi connectivity index (χ0) is 13.1. The van der Waals surface area contributed by atoms with E-state index in [1.807, 2.05) is 6.92 Å².